The van der Waals surface area contributed by atoms with Crippen LogP contribution in [0.25, 0.3) is 0 Å². The van der Waals surface area contributed by atoms with E-state index in [1.807, 2.05) is 24.3 Å². The SMILES string of the molecule is O=C1Cc2ccccc2N=N1.O=S(=O)(O)NC1CCCCC1. The Morgan fingerprint density at radius 1 is 1.09 bits per heavy atom. The third kappa shape index (κ3) is 5.63. The van der Waals surface area contributed by atoms with Crippen LogP contribution in [0, 0.1) is 0 Å². The first-order chi connectivity index (χ1) is 10.4. The van der Waals surface area contributed by atoms with Crippen molar-refractivity contribution in [2.45, 2.75) is 44.6 Å². The molecule has 0 radical (unpaired) electrons. The number of carbonyl (C=O) groups is 1. The van der Waals surface area contributed by atoms with E-state index < -0.39 is 10.3 Å². The molecule has 1 saturated carbocycles. The molecule has 0 saturated heterocycles. The molecule has 1 aromatic carbocycles. The summed E-state index contributed by atoms with van der Waals surface area (Å²) < 4.78 is 31.3. The predicted octanol–water partition coefficient (Wildman–Crippen LogP) is 2.56. The van der Waals surface area contributed by atoms with E-state index in [4.69, 9.17) is 4.55 Å². The zero-order valence-corrected chi connectivity index (χ0v) is 12.9. The molecule has 1 aliphatic carbocycles. The summed E-state index contributed by atoms with van der Waals surface area (Å²) in [6.45, 7) is 0. The van der Waals surface area contributed by atoms with Gasteiger partial charge in [-0.2, -0.15) is 13.1 Å². The molecule has 22 heavy (non-hydrogen) atoms. The van der Waals surface area contributed by atoms with Crippen LogP contribution in [-0.2, 0) is 21.5 Å². The Bertz CT molecular complexity index is 652. The summed E-state index contributed by atoms with van der Waals surface area (Å²) in [5.41, 5.74) is 1.78. The van der Waals surface area contributed by atoms with Gasteiger partial charge in [-0.1, -0.05) is 37.5 Å². The van der Waals surface area contributed by atoms with Crippen LogP contribution in [0.1, 0.15) is 37.7 Å². The van der Waals surface area contributed by atoms with Crippen LogP contribution in [-0.4, -0.2) is 24.9 Å². The lowest BCUT2D eigenvalue weighted by molar-refractivity contribution is -0.117. The zero-order valence-electron chi connectivity index (χ0n) is 12.1. The second-order valence-electron chi connectivity index (χ2n) is 5.33. The van der Waals surface area contributed by atoms with Crippen molar-refractivity contribution in [3.05, 3.63) is 29.8 Å². The quantitative estimate of drug-likeness (QED) is 0.814. The van der Waals surface area contributed by atoms with Crippen molar-refractivity contribution in [2.24, 2.45) is 10.2 Å². The fourth-order valence-corrected chi connectivity index (χ4v) is 3.15. The number of amides is 1. The van der Waals surface area contributed by atoms with Crippen LogP contribution in [0.4, 0.5) is 5.69 Å². The predicted molar refractivity (Wildman–Crippen MR) is 81.2 cm³/mol. The maximum atomic E-state index is 10.8. The lowest BCUT2D eigenvalue weighted by Gasteiger charge is -2.20. The lowest BCUT2D eigenvalue weighted by atomic mass is 9.96. The molecule has 2 aliphatic rings. The largest absolute Gasteiger partial charge is 0.333 e. The van der Waals surface area contributed by atoms with Crippen molar-refractivity contribution in [1.82, 2.24) is 4.72 Å². The van der Waals surface area contributed by atoms with Gasteiger partial charge in [0.05, 0.1) is 12.1 Å². The van der Waals surface area contributed by atoms with Gasteiger partial charge in [0, 0.05) is 6.04 Å². The highest BCUT2D eigenvalue weighted by atomic mass is 32.2. The molecule has 0 atom stereocenters. The van der Waals surface area contributed by atoms with E-state index in [0.717, 1.165) is 36.9 Å². The number of hydrogen-bond acceptors (Lipinski definition) is 4. The Morgan fingerprint density at radius 3 is 2.45 bits per heavy atom. The third-order valence-electron chi connectivity index (χ3n) is 3.52. The molecule has 3 rings (SSSR count). The number of nitrogens with one attached hydrogen (secondary N) is 1. The molecule has 2 N–H and O–H groups in total. The highest BCUT2D eigenvalue weighted by Gasteiger charge is 2.17. The Labute approximate surface area is 129 Å². The van der Waals surface area contributed by atoms with Crippen molar-refractivity contribution < 1.29 is 17.8 Å². The number of rotatable bonds is 2. The van der Waals surface area contributed by atoms with E-state index in [1.165, 1.54) is 6.42 Å². The van der Waals surface area contributed by atoms with E-state index in [0.29, 0.717) is 6.42 Å². The van der Waals surface area contributed by atoms with Gasteiger partial charge in [-0.15, -0.1) is 10.2 Å². The summed E-state index contributed by atoms with van der Waals surface area (Å²) in [5, 5.41) is 7.21. The number of fused-ring (bicyclic) bond motifs is 1. The highest BCUT2D eigenvalue weighted by molar-refractivity contribution is 7.83. The summed E-state index contributed by atoms with van der Waals surface area (Å²) in [6.07, 6.45) is 5.35. The first-order valence-corrected chi connectivity index (χ1v) is 8.65. The topological polar surface area (TPSA) is 108 Å². The van der Waals surface area contributed by atoms with Crippen LogP contribution in [0.2, 0.25) is 0 Å². The maximum absolute atomic E-state index is 10.8. The molecule has 0 bridgehead atoms. The van der Waals surface area contributed by atoms with Crippen LogP contribution in [0.5, 0.6) is 0 Å². The monoisotopic (exact) mass is 325 g/mol. The van der Waals surface area contributed by atoms with Crippen LogP contribution in [0.3, 0.4) is 0 Å². The number of nitrogens with zero attached hydrogens (tertiary/aromatic N) is 2. The van der Waals surface area contributed by atoms with Gasteiger partial charge in [0.2, 0.25) is 0 Å². The average Bonchev–Trinajstić information content (AvgIpc) is 2.47. The van der Waals surface area contributed by atoms with Gasteiger partial charge >= 0.3 is 10.3 Å². The lowest BCUT2D eigenvalue weighted by Crippen LogP contribution is -2.35. The van der Waals surface area contributed by atoms with Gasteiger partial charge in [-0.3, -0.25) is 9.35 Å². The van der Waals surface area contributed by atoms with Gasteiger partial charge in [-0.05, 0) is 24.5 Å². The first-order valence-electron chi connectivity index (χ1n) is 7.21. The maximum Gasteiger partial charge on any atom is 0.333 e. The van der Waals surface area contributed by atoms with Crippen LogP contribution < -0.4 is 4.72 Å². The summed E-state index contributed by atoms with van der Waals surface area (Å²) in [5.74, 6) is -0.163. The van der Waals surface area contributed by atoms with E-state index in [2.05, 4.69) is 15.0 Å². The van der Waals surface area contributed by atoms with Gasteiger partial charge in [0.15, 0.2) is 0 Å². The number of hydrogen-bond donors (Lipinski definition) is 2. The molecule has 1 heterocycles. The first kappa shape index (κ1) is 16.7. The van der Waals surface area contributed by atoms with E-state index >= 15 is 0 Å². The van der Waals surface area contributed by atoms with Crippen molar-refractivity contribution in [1.29, 1.82) is 0 Å². The molecule has 1 aromatic rings. The number of benzene rings is 1. The molecule has 0 spiro atoms. The van der Waals surface area contributed by atoms with Gasteiger partial charge in [-0.25, -0.2) is 0 Å². The molecular weight excluding hydrogens is 306 g/mol. The van der Waals surface area contributed by atoms with Crippen molar-refractivity contribution in [3.8, 4) is 0 Å². The molecule has 120 valence electrons. The molecule has 0 unspecified atom stereocenters. The minimum Gasteiger partial charge on any atom is -0.273 e. The summed E-state index contributed by atoms with van der Waals surface area (Å²) in [6, 6.07) is 7.48. The molecule has 7 nitrogen and oxygen atoms in total. The Morgan fingerprint density at radius 2 is 1.77 bits per heavy atom. The fourth-order valence-electron chi connectivity index (χ4n) is 2.50. The van der Waals surface area contributed by atoms with Crippen molar-refractivity contribution in [2.75, 3.05) is 0 Å². The van der Waals surface area contributed by atoms with Gasteiger partial charge in [0.25, 0.3) is 5.91 Å². The third-order valence-corrected chi connectivity index (χ3v) is 4.15. The number of carbonyl (C=O) groups excluding carboxylic acids is 1. The van der Waals surface area contributed by atoms with Crippen LogP contribution in [0.15, 0.2) is 34.5 Å². The Balaban J connectivity index is 0.000000160. The molecule has 8 heteroatoms. The molecule has 1 fully saturated rings. The van der Waals surface area contributed by atoms with Crippen LogP contribution >= 0.6 is 0 Å². The second kappa shape index (κ2) is 7.57. The van der Waals surface area contributed by atoms with E-state index in [9.17, 15) is 13.2 Å². The fraction of sp³-hybridized carbons (Fsp3) is 0.500. The molecule has 1 amide bonds. The normalized spacial score (nSPS) is 18.3. The van der Waals surface area contributed by atoms with E-state index in [-0.39, 0.29) is 11.9 Å². The molecule has 0 aromatic heterocycles. The number of azo groups is 1. The summed E-state index contributed by atoms with van der Waals surface area (Å²) >= 11 is 0. The minimum atomic E-state index is -3.97. The Hall–Kier alpha value is -1.64. The summed E-state index contributed by atoms with van der Waals surface area (Å²) in [7, 11) is -3.97. The van der Waals surface area contributed by atoms with Gasteiger partial charge in [0.1, 0.15) is 0 Å². The Kier molecular flexibility index (Phi) is 5.76. The van der Waals surface area contributed by atoms with E-state index in [1.54, 1.807) is 0 Å². The highest BCUT2D eigenvalue weighted by Crippen LogP contribution is 2.23. The van der Waals surface area contributed by atoms with Gasteiger partial charge < -0.3 is 0 Å². The zero-order chi connectivity index (χ0) is 16.0. The average molecular weight is 325 g/mol. The smallest absolute Gasteiger partial charge is 0.273 e. The standard InChI is InChI=1S/C8H6N2O.C6H13NO3S/c11-8-5-6-3-1-2-4-7(6)9-10-8;8-11(9,10)7-6-4-2-1-3-5-6/h1-4H,5H2;6-7H,1-5H2,(H,8,9,10). The molecular formula is C14H19N3O4S. The summed E-state index contributed by atoms with van der Waals surface area (Å²) in [4.78, 5) is 10.8. The second-order valence-corrected chi connectivity index (χ2v) is 6.51. The van der Waals surface area contributed by atoms with Crippen molar-refractivity contribution >= 4 is 21.9 Å². The minimum absolute atomic E-state index is 0.0428. The molecule has 1 aliphatic heterocycles. The van der Waals surface area contributed by atoms with Crippen molar-refractivity contribution in [3.63, 3.8) is 0 Å².